The van der Waals surface area contributed by atoms with Gasteiger partial charge in [-0.2, -0.15) is 0 Å². The van der Waals surface area contributed by atoms with Crippen LogP contribution in [-0.4, -0.2) is 46.8 Å². The van der Waals surface area contributed by atoms with Gasteiger partial charge in [0.15, 0.2) is 0 Å². The summed E-state index contributed by atoms with van der Waals surface area (Å²) < 4.78 is 71.3. The maximum atomic E-state index is 13.2. The van der Waals surface area contributed by atoms with E-state index in [1.54, 1.807) is 6.07 Å². The lowest BCUT2D eigenvalue weighted by molar-refractivity contribution is -0.384. The second kappa shape index (κ2) is 12.0. The number of aromatic carboxylic acids is 1. The monoisotopic (exact) mass is 639 g/mol. The number of rotatable bonds is 10. The molecule has 0 saturated carbocycles. The normalized spacial score (nSPS) is 13.3. The molecule has 0 bridgehead atoms. The highest BCUT2D eigenvalue weighted by molar-refractivity contribution is 7.89. The number of alkyl halides is 3. The van der Waals surface area contributed by atoms with Crippen LogP contribution in [0.5, 0.6) is 5.75 Å². The molecule has 3 aromatic carbocycles. The van der Waals surface area contributed by atoms with E-state index in [0.717, 1.165) is 36.4 Å². The van der Waals surface area contributed by atoms with Crippen molar-refractivity contribution in [1.29, 1.82) is 0 Å². The van der Waals surface area contributed by atoms with Gasteiger partial charge in [0.1, 0.15) is 17.4 Å². The van der Waals surface area contributed by atoms with Gasteiger partial charge in [-0.3, -0.25) is 10.1 Å². The lowest BCUT2D eigenvalue weighted by Gasteiger charge is -2.28. The van der Waals surface area contributed by atoms with E-state index in [1.807, 2.05) is 0 Å². The molecule has 12 nitrogen and oxygen atoms in total. The molecule has 1 unspecified atom stereocenters. The van der Waals surface area contributed by atoms with Crippen molar-refractivity contribution >= 4 is 50.0 Å². The largest absolute Gasteiger partial charge is 0.573 e. The number of aryl methyl sites for hydroxylation is 1. The molecule has 4 rings (SSSR count). The molecule has 0 aliphatic rings. The number of nitro benzene ring substituents is 1. The number of sulfonamides is 1. The van der Waals surface area contributed by atoms with Gasteiger partial charge in [-0.25, -0.2) is 27.9 Å². The van der Waals surface area contributed by atoms with Crippen LogP contribution in [0.25, 0.3) is 10.9 Å². The smallest absolute Gasteiger partial charge is 0.478 e. The molecule has 1 heterocycles. The summed E-state index contributed by atoms with van der Waals surface area (Å²) in [5.74, 6) is -1.66. The highest BCUT2D eigenvalue weighted by Gasteiger charge is 2.33. The molecule has 0 fully saturated rings. The fourth-order valence-electron chi connectivity index (χ4n) is 4.24. The van der Waals surface area contributed by atoms with Crippen LogP contribution in [-0.2, 0) is 10.0 Å². The third-order valence-corrected chi connectivity index (χ3v) is 7.97. The topological polar surface area (TPSA) is 174 Å². The number of carbonyl (C=O) groups is 1. The van der Waals surface area contributed by atoms with Gasteiger partial charge in [0.25, 0.3) is 5.69 Å². The Kier molecular flexibility index (Phi) is 8.75. The Bertz CT molecular complexity index is 1820. The first-order valence-electron chi connectivity index (χ1n) is 12.1. The number of carboxylic acids is 1. The fourth-order valence-corrected chi connectivity index (χ4v) is 5.72. The standard InChI is InChI=1S/C26H21ClF3N5O7S/c1-13(34-43(40,41)17-9-7-16(8-10-17)35(38)39)22(15-6-11-21(20(27)12-15)42-26(28,29)30)33-24-18-4-3-5-19(25(36)37)23(18)31-14(2)32-24/h3-13,22,34H,1-2H3,(H,36,37)(H,31,32,33)/t13?,22-/m1/s1. The quantitative estimate of drug-likeness (QED) is 0.146. The minimum Gasteiger partial charge on any atom is -0.478 e. The zero-order chi connectivity index (χ0) is 31.7. The van der Waals surface area contributed by atoms with Crippen LogP contribution in [0.4, 0.5) is 24.7 Å². The Morgan fingerprint density at radius 1 is 1.12 bits per heavy atom. The lowest BCUT2D eigenvalue weighted by atomic mass is 10.00. The summed E-state index contributed by atoms with van der Waals surface area (Å²) in [6, 6.07) is 9.68. The number of nitrogens with one attached hydrogen (secondary N) is 2. The van der Waals surface area contributed by atoms with Gasteiger partial charge >= 0.3 is 12.3 Å². The summed E-state index contributed by atoms with van der Waals surface area (Å²) >= 11 is 6.10. The van der Waals surface area contributed by atoms with Gasteiger partial charge in [-0.15, -0.1) is 13.2 Å². The van der Waals surface area contributed by atoms with Crippen molar-refractivity contribution in [2.75, 3.05) is 5.32 Å². The second-order valence-electron chi connectivity index (χ2n) is 9.15. The van der Waals surface area contributed by atoms with Crippen molar-refractivity contribution in [2.24, 2.45) is 0 Å². The summed E-state index contributed by atoms with van der Waals surface area (Å²) in [6.07, 6.45) is -5.02. The Balaban J connectivity index is 1.79. The number of aromatic nitrogens is 2. The number of nitro groups is 1. The van der Waals surface area contributed by atoms with Crippen LogP contribution in [0, 0.1) is 17.0 Å². The van der Waals surface area contributed by atoms with Crippen molar-refractivity contribution in [3.8, 4) is 5.75 Å². The van der Waals surface area contributed by atoms with Crippen LogP contribution in [0.15, 0.2) is 65.6 Å². The molecule has 2 atom stereocenters. The third kappa shape index (κ3) is 7.28. The van der Waals surface area contributed by atoms with E-state index in [-0.39, 0.29) is 44.3 Å². The Hall–Kier alpha value is -4.54. The Morgan fingerprint density at radius 2 is 1.79 bits per heavy atom. The summed E-state index contributed by atoms with van der Waals surface area (Å²) in [5.41, 5.74) is -0.146. The number of hydrogen-bond acceptors (Lipinski definition) is 9. The van der Waals surface area contributed by atoms with Gasteiger partial charge in [-0.05, 0) is 55.8 Å². The number of benzene rings is 3. The van der Waals surface area contributed by atoms with Crippen LogP contribution in [0.1, 0.15) is 34.7 Å². The molecule has 0 saturated heterocycles. The van der Waals surface area contributed by atoms with Gasteiger partial charge < -0.3 is 15.2 Å². The summed E-state index contributed by atoms with van der Waals surface area (Å²) in [5, 5.41) is 23.5. The summed E-state index contributed by atoms with van der Waals surface area (Å²) in [6.45, 7) is 2.96. The molecule has 0 spiro atoms. The molecular formula is C26H21ClF3N5O7S. The van der Waals surface area contributed by atoms with E-state index in [1.165, 1.54) is 32.0 Å². The van der Waals surface area contributed by atoms with Crippen LogP contribution < -0.4 is 14.8 Å². The lowest BCUT2D eigenvalue weighted by Crippen LogP contribution is -2.40. The summed E-state index contributed by atoms with van der Waals surface area (Å²) in [7, 11) is -4.29. The number of anilines is 1. The first kappa shape index (κ1) is 31.4. The van der Waals surface area contributed by atoms with Crippen molar-refractivity contribution in [3.05, 3.63) is 92.8 Å². The number of halogens is 4. The van der Waals surface area contributed by atoms with E-state index in [4.69, 9.17) is 11.6 Å². The first-order valence-corrected chi connectivity index (χ1v) is 14.0. The molecule has 0 amide bonds. The Morgan fingerprint density at radius 3 is 2.37 bits per heavy atom. The second-order valence-corrected chi connectivity index (χ2v) is 11.3. The Labute approximate surface area is 246 Å². The molecule has 0 aliphatic carbocycles. The van der Waals surface area contributed by atoms with Crippen molar-refractivity contribution in [1.82, 2.24) is 14.7 Å². The number of para-hydroxylation sites is 1. The fraction of sp³-hybridized carbons (Fsp3) is 0.192. The van der Waals surface area contributed by atoms with E-state index >= 15 is 0 Å². The van der Waals surface area contributed by atoms with Gasteiger partial charge in [0.05, 0.1) is 32.0 Å². The van der Waals surface area contributed by atoms with Crippen LogP contribution >= 0.6 is 11.6 Å². The molecule has 43 heavy (non-hydrogen) atoms. The molecule has 0 aliphatic heterocycles. The molecule has 3 N–H and O–H groups in total. The van der Waals surface area contributed by atoms with Crippen LogP contribution in [0.3, 0.4) is 0 Å². The van der Waals surface area contributed by atoms with E-state index in [0.29, 0.717) is 0 Å². The zero-order valence-corrected chi connectivity index (χ0v) is 23.7. The van der Waals surface area contributed by atoms with Gasteiger partial charge in [-0.1, -0.05) is 23.7 Å². The van der Waals surface area contributed by atoms with Crippen molar-refractivity contribution in [2.45, 2.75) is 37.2 Å². The number of fused-ring (bicyclic) bond motifs is 1. The van der Waals surface area contributed by atoms with E-state index in [9.17, 15) is 41.6 Å². The van der Waals surface area contributed by atoms with Crippen molar-refractivity contribution < 1.29 is 41.2 Å². The van der Waals surface area contributed by atoms with E-state index in [2.05, 4.69) is 24.7 Å². The number of hydrogen-bond donors (Lipinski definition) is 3. The number of carboxylic acid groups (broad SMARTS) is 1. The number of nitrogens with zero attached hydrogens (tertiary/aromatic N) is 3. The van der Waals surface area contributed by atoms with Crippen molar-refractivity contribution in [3.63, 3.8) is 0 Å². The number of non-ortho nitro benzene ring substituents is 1. The highest BCUT2D eigenvalue weighted by atomic mass is 35.5. The number of ether oxygens (including phenoxy) is 1. The first-order chi connectivity index (χ1) is 20.1. The predicted octanol–water partition coefficient (Wildman–Crippen LogP) is 5.62. The molecular weight excluding hydrogens is 619 g/mol. The third-order valence-electron chi connectivity index (χ3n) is 6.10. The zero-order valence-electron chi connectivity index (χ0n) is 22.1. The maximum absolute atomic E-state index is 13.2. The minimum absolute atomic E-state index is 0.0924. The molecule has 226 valence electrons. The molecule has 17 heteroatoms. The van der Waals surface area contributed by atoms with Crippen LogP contribution in [0.2, 0.25) is 5.02 Å². The molecule has 1 aromatic heterocycles. The SMILES string of the molecule is Cc1nc(N[C@@H](c2ccc(OC(F)(F)F)c(Cl)c2)C(C)NS(=O)(=O)c2ccc([N+](=O)[O-])cc2)c2cccc(C(=O)O)c2n1. The summed E-state index contributed by atoms with van der Waals surface area (Å²) in [4.78, 5) is 30.4. The maximum Gasteiger partial charge on any atom is 0.573 e. The van der Waals surface area contributed by atoms with Gasteiger partial charge in [0, 0.05) is 23.6 Å². The highest BCUT2D eigenvalue weighted by Crippen LogP contribution is 2.35. The molecule has 0 radical (unpaired) electrons. The van der Waals surface area contributed by atoms with Gasteiger partial charge in [0.2, 0.25) is 10.0 Å². The minimum atomic E-state index is -5.02. The predicted molar refractivity (Wildman–Crippen MR) is 149 cm³/mol. The molecule has 4 aromatic rings. The van der Waals surface area contributed by atoms with E-state index < -0.39 is 50.1 Å². The average molecular weight is 640 g/mol. The average Bonchev–Trinajstić information content (AvgIpc) is 2.91.